The summed E-state index contributed by atoms with van der Waals surface area (Å²) in [7, 11) is 0. The highest BCUT2D eigenvalue weighted by atomic mass is 32.1. The molecule has 0 aliphatic carbocycles. The minimum absolute atomic E-state index is 0.574. The molecule has 0 unspecified atom stereocenters. The van der Waals surface area contributed by atoms with E-state index in [0.717, 1.165) is 106 Å². The summed E-state index contributed by atoms with van der Waals surface area (Å²) in [6.07, 6.45) is 11.5. The Kier molecular flexibility index (Phi) is 17.2. The molecule has 0 amide bonds. The van der Waals surface area contributed by atoms with E-state index in [9.17, 15) is 0 Å². The first-order chi connectivity index (χ1) is 62.5. The van der Waals surface area contributed by atoms with Crippen molar-refractivity contribution in [2.45, 2.75) is 0 Å². The first-order valence-corrected chi connectivity index (χ1v) is 44.2. The van der Waals surface area contributed by atoms with Crippen LogP contribution in [-0.4, -0.2) is 63.5 Å². The second-order valence-corrected chi connectivity index (χ2v) is 34.4. The minimum atomic E-state index is 0.574. The largest absolute Gasteiger partial charge is 0.291 e. The predicted molar refractivity (Wildman–Crippen MR) is 524 cm³/mol. The zero-order chi connectivity index (χ0) is 82.9. The van der Waals surface area contributed by atoms with Gasteiger partial charge in [-0.2, -0.15) is 9.97 Å². The van der Waals surface area contributed by atoms with E-state index in [0.29, 0.717) is 29.4 Å². The summed E-state index contributed by atoms with van der Waals surface area (Å²) >= 11 is 5.50. The average Bonchev–Trinajstić information content (AvgIpc) is 1.55. The molecule has 0 bridgehead atoms. The normalized spacial score (nSPS) is 11.8. The summed E-state index contributed by atoms with van der Waals surface area (Å²) in [5.41, 5.74) is 15.0. The van der Waals surface area contributed by atoms with Crippen LogP contribution in [0.2, 0.25) is 0 Å². The van der Waals surface area contributed by atoms with E-state index >= 15 is 0 Å². The number of hydrogen-bond donors (Lipinski definition) is 0. The van der Waals surface area contributed by atoms with Gasteiger partial charge < -0.3 is 0 Å². The highest BCUT2D eigenvalue weighted by Crippen LogP contribution is 2.52. The topological polar surface area (TPSA) is 144 Å². The summed E-state index contributed by atoms with van der Waals surface area (Å²) in [6, 6.07) is 124. The number of fused-ring (bicyclic) bond motifs is 30. The van der Waals surface area contributed by atoms with E-state index < -0.39 is 0 Å². The molecule has 0 fully saturated rings. The standard InChI is InChI=1S/2C37H22N4S.C36H21N5S/c1-3-11-23(12-4-1)29-21-32(40-37(39-29)24-13-5-2-6-14-24)41-30-22-38-20-19-27(30)33-25-15-7-8-16-26(25)34-28-17-9-10-18-31(28)42-36(34)35(33)41;1-3-11-23(12-4-1)29-21-30(24-13-5-2-6-14-24)40-37(39-29)41-31-22-38-20-19-27(31)33-25-15-7-8-16-26(25)34-28-17-9-10-18-32(28)42-36(34)35(33)41;1-3-11-22(12-4-1)34-38-35(23-13-5-2-6-14-23)40-36(39-34)41-28-21-37-20-19-26(28)30-24-15-7-8-16-25(24)31-27-17-9-10-18-29(27)42-33(31)32(30)41/h2*1-22H;1-21H. The Morgan fingerprint density at radius 3 is 0.817 bits per heavy atom. The Morgan fingerprint density at radius 2 is 0.468 bits per heavy atom. The third-order valence-corrected chi connectivity index (χ3v) is 27.7. The Hall–Kier alpha value is -16.2. The van der Waals surface area contributed by atoms with Crippen LogP contribution in [0.15, 0.2) is 395 Å². The maximum Gasteiger partial charge on any atom is 0.238 e. The van der Waals surface area contributed by atoms with Gasteiger partial charge in [0.15, 0.2) is 17.5 Å². The molecule has 0 radical (unpaired) electrons. The lowest BCUT2D eigenvalue weighted by Crippen LogP contribution is -2.06. The van der Waals surface area contributed by atoms with Crippen LogP contribution in [0.1, 0.15) is 0 Å². The van der Waals surface area contributed by atoms with Crippen LogP contribution in [0.4, 0.5) is 0 Å². The summed E-state index contributed by atoms with van der Waals surface area (Å²) in [4.78, 5) is 49.7. The van der Waals surface area contributed by atoms with Crippen LogP contribution < -0.4 is 0 Å². The number of thiophene rings is 3. The summed E-state index contributed by atoms with van der Waals surface area (Å²) in [5.74, 6) is 3.99. The van der Waals surface area contributed by atoms with Crippen molar-refractivity contribution in [3.63, 3.8) is 0 Å². The first-order valence-electron chi connectivity index (χ1n) is 41.7. The van der Waals surface area contributed by atoms with Crippen molar-refractivity contribution in [1.82, 2.24) is 63.5 Å². The smallest absolute Gasteiger partial charge is 0.238 e. The van der Waals surface area contributed by atoms with Crippen molar-refractivity contribution in [3.8, 4) is 85.7 Å². The molecule has 0 aliphatic heterocycles. The molecule has 0 N–H and O–H groups in total. The molecule has 588 valence electrons. The van der Waals surface area contributed by atoms with E-state index in [-0.39, 0.29) is 0 Å². The van der Waals surface area contributed by atoms with Crippen molar-refractivity contribution < 1.29 is 0 Å². The molecular formula is C110H65N13S3. The van der Waals surface area contributed by atoms with Crippen molar-refractivity contribution in [1.29, 1.82) is 0 Å². The van der Waals surface area contributed by atoms with E-state index in [4.69, 9.17) is 34.9 Å². The molecule has 27 aromatic rings. The fraction of sp³-hybridized carbons (Fsp3) is 0. The van der Waals surface area contributed by atoms with Gasteiger partial charge in [-0.15, -0.1) is 34.0 Å². The molecule has 27 rings (SSSR count). The Bertz CT molecular complexity index is 8040. The lowest BCUT2D eigenvalue weighted by Gasteiger charge is -2.13. The predicted octanol–water partition coefficient (Wildman–Crippen LogP) is 28.9. The number of aromatic nitrogens is 13. The SMILES string of the molecule is c1ccc(-c2cc(-c3ccccc3)nc(-n3c4cnccc4c4c5ccccc5c5c6ccccc6sc5c43)n2)cc1.c1ccc(-c2cc(-n3c4cnccc4c4c5ccccc5c5c6ccccc6sc5c43)nc(-c3ccccc3)n2)cc1.c1ccc(-c2nc(-c3ccccc3)nc(-n3c4cnccc4c4c5ccccc5c5c6ccccc6sc5c43)n2)cc1. The lowest BCUT2D eigenvalue weighted by atomic mass is 9.99. The average molecular weight is 1670 g/mol. The van der Waals surface area contributed by atoms with Gasteiger partial charge in [0.05, 0.1) is 82.9 Å². The first kappa shape index (κ1) is 72.6. The maximum absolute atomic E-state index is 5.24. The molecule has 13 nitrogen and oxygen atoms in total. The van der Waals surface area contributed by atoms with Crippen LogP contribution in [0.25, 0.3) is 244 Å². The molecule has 15 aromatic carbocycles. The van der Waals surface area contributed by atoms with Crippen molar-refractivity contribution >= 4 is 192 Å². The van der Waals surface area contributed by atoms with Gasteiger partial charge in [0.25, 0.3) is 0 Å². The number of nitrogens with zero attached hydrogens (tertiary/aromatic N) is 13. The second-order valence-electron chi connectivity index (χ2n) is 31.3. The molecule has 12 aromatic heterocycles. The van der Waals surface area contributed by atoms with Gasteiger partial charge in [-0.3, -0.25) is 28.7 Å². The Labute approximate surface area is 731 Å². The van der Waals surface area contributed by atoms with Crippen LogP contribution in [-0.2, 0) is 0 Å². The number of hydrogen-bond acceptors (Lipinski definition) is 13. The number of benzene rings is 15. The molecule has 12 heterocycles. The van der Waals surface area contributed by atoms with Crippen molar-refractivity contribution in [2.24, 2.45) is 0 Å². The van der Waals surface area contributed by atoms with Gasteiger partial charge in [-0.1, -0.05) is 309 Å². The van der Waals surface area contributed by atoms with Crippen molar-refractivity contribution in [3.05, 3.63) is 395 Å². The molecule has 0 saturated heterocycles. The zero-order valence-corrected chi connectivity index (χ0v) is 69.5. The fourth-order valence-corrected chi connectivity index (χ4v) is 22.5. The second kappa shape index (κ2) is 29.8. The Morgan fingerprint density at radius 1 is 0.198 bits per heavy atom. The van der Waals surface area contributed by atoms with Crippen molar-refractivity contribution in [2.75, 3.05) is 0 Å². The van der Waals surface area contributed by atoms with Gasteiger partial charge in [0.2, 0.25) is 11.9 Å². The molecule has 0 spiro atoms. The fourth-order valence-electron chi connectivity index (χ4n) is 18.7. The number of pyridine rings is 3. The lowest BCUT2D eigenvalue weighted by molar-refractivity contribution is 0.954. The van der Waals surface area contributed by atoms with Gasteiger partial charge in [-0.25, -0.2) is 24.9 Å². The summed E-state index contributed by atoms with van der Waals surface area (Å²) in [6.45, 7) is 0. The summed E-state index contributed by atoms with van der Waals surface area (Å²) < 4.78 is 14.2. The monoisotopic (exact) mass is 1660 g/mol. The van der Waals surface area contributed by atoms with Gasteiger partial charge in [-0.05, 0) is 74.8 Å². The summed E-state index contributed by atoms with van der Waals surface area (Å²) in [5, 5.41) is 22.1. The minimum Gasteiger partial charge on any atom is -0.291 e. The molecule has 16 heteroatoms. The van der Waals surface area contributed by atoms with Gasteiger partial charge >= 0.3 is 0 Å². The number of rotatable bonds is 9. The molecular weight excluding hydrogens is 1600 g/mol. The molecule has 126 heavy (non-hydrogen) atoms. The molecule has 0 atom stereocenters. The Balaban J connectivity index is 0.000000103. The maximum atomic E-state index is 5.24. The quantitative estimate of drug-likeness (QED) is 0.137. The van der Waals surface area contributed by atoms with Crippen LogP contribution >= 0.6 is 34.0 Å². The molecule has 0 aliphatic rings. The van der Waals surface area contributed by atoms with E-state index in [1.807, 2.05) is 168 Å². The van der Waals surface area contributed by atoms with Gasteiger partial charge in [0.1, 0.15) is 5.82 Å². The van der Waals surface area contributed by atoms with E-state index in [2.05, 4.69) is 290 Å². The van der Waals surface area contributed by atoms with Crippen LogP contribution in [0.3, 0.4) is 0 Å². The van der Waals surface area contributed by atoms with Gasteiger partial charge in [0, 0.05) is 137 Å². The van der Waals surface area contributed by atoms with Crippen LogP contribution in [0.5, 0.6) is 0 Å². The third kappa shape index (κ3) is 11.8. The zero-order valence-electron chi connectivity index (χ0n) is 67.1. The third-order valence-electron chi connectivity index (χ3n) is 24.1. The highest BCUT2D eigenvalue weighted by molar-refractivity contribution is 7.28. The van der Waals surface area contributed by atoms with E-state index in [1.165, 1.54) is 109 Å². The molecule has 0 saturated carbocycles. The van der Waals surface area contributed by atoms with Crippen LogP contribution in [0, 0.1) is 0 Å². The highest BCUT2D eigenvalue weighted by Gasteiger charge is 2.29. The van der Waals surface area contributed by atoms with E-state index in [1.54, 1.807) is 0 Å².